The highest BCUT2D eigenvalue weighted by atomic mass is 32.1. The van der Waals surface area contributed by atoms with Crippen molar-refractivity contribution in [3.63, 3.8) is 0 Å². The molecule has 0 atom stereocenters. The van der Waals surface area contributed by atoms with Crippen LogP contribution >= 0.6 is 11.3 Å². The average Bonchev–Trinajstić information content (AvgIpc) is 3.04. The molecule has 88 valence electrons. The van der Waals surface area contributed by atoms with E-state index in [-0.39, 0.29) is 5.56 Å². The second-order valence-electron chi connectivity index (χ2n) is 4.05. The maximum Gasteiger partial charge on any atom is 0.293 e. The molecule has 1 N–H and O–H groups in total. The lowest BCUT2D eigenvalue weighted by Gasteiger charge is -2.06. The highest BCUT2D eigenvalue weighted by Gasteiger charge is 2.25. The number of aromatic nitrogens is 3. The van der Waals surface area contributed by atoms with Crippen LogP contribution in [0.2, 0.25) is 0 Å². The molecule has 17 heavy (non-hydrogen) atoms. The molecule has 0 aliphatic heterocycles. The Kier molecular flexibility index (Phi) is 2.64. The van der Waals surface area contributed by atoms with E-state index in [9.17, 15) is 4.79 Å². The van der Waals surface area contributed by atoms with E-state index in [1.54, 1.807) is 33.8 Å². The van der Waals surface area contributed by atoms with Crippen LogP contribution in [0.15, 0.2) is 28.1 Å². The average molecular weight is 248 g/mol. The third-order valence-corrected chi connectivity index (χ3v) is 3.36. The fraction of sp³-hybridized carbons (Fsp3) is 0.364. The van der Waals surface area contributed by atoms with Gasteiger partial charge in [0.05, 0.1) is 17.7 Å². The quantitative estimate of drug-likeness (QED) is 0.893. The molecule has 0 radical (unpaired) electrons. The normalized spacial score (nSPS) is 14.8. The van der Waals surface area contributed by atoms with Crippen LogP contribution in [-0.2, 0) is 6.54 Å². The van der Waals surface area contributed by atoms with Crippen LogP contribution in [0.5, 0.6) is 0 Å². The number of thiazole rings is 1. The molecule has 0 unspecified atom stereocenters. The SMILES string of the molecule is O=c1c(NCc2cscn2)nccn1C1CC1. The summed E-state index contributed by atoms with van der Waals surface area (Å²) in [4.78, 5) is 20.3. The summed E-state index contributed by atoms with van der Waals surface area (Å²) < 4.78 is 1.76. The van der Waals surface area contributed by atoms with Gasteiger partial charge in [0, 0.05) is 23.8 Å². The van der Waals surface area contributed by atoms with Gasteiger partial charge in [0.2, 0.25) is 0 Å². The zero-order valence-corrected chi connectivity index (χ0v) is 9.98. The van der Waals surface area contributed by atoms with Crippen LogP contribution in [0.4, 0.5) is 5.82 Å². The second-order valence-corrected chi connectivity index (χ2v) is 4.77. The van der Waals surface area contributed by atoms with Gasteiger partial charge in [-0.25, -0.2) is 9.97 Å². The Balaban J connectivity index is 1.78. The largest absolute Gasteiger partial charge is 0.360 e. The molecular formula is C11H12N4OS. The van der Waals surface area contributed by atoms with Crippen molar-refractivity contribution in [3.8, 4) is 0 Å². The first-order valence-corrected chi connectivity index (χ1v) is 6.47. The van der Waals surface area contributed by atoms with Gasteiger partial charge in [-0.1, -0.05) is 0 Å². The molecule has 0 saturated heterocycles. The third kappa shape index (κ3) is 2.21. The van der Waals surface area contributed by atoms with Gasteiger partial charge in [-0.2, -0.15) is 0 Å². The van der Waals surface area contributed by atoms with Gasteiger partial charge >= 0.3 is 0 Å². The first kappa shape index (κ1) is 10.5. The zero-order chi connectivity index (χ0) is 11.7. The summed E-state index contributed by atoms with van der Waals surface area (Å²) in [6.07, 6.45) is 5.61. The van der Waals surface area contributed by atoms with E-state index in [0.717, 1.165) is 18.5 Å². The van der Waals surface area contributed by atoms with E-state index in [4.69, 9.17) is 0 Å². The molecule has 1 aliphatic carbocycles. The molecule has 1 saturated carbocycles. The molecule has 6 heteroatoms. The maximum atomic E-state index is 12.0. The summed E-state index contributed by atoms with van der Waals surface area (Å²) in [5, 5.41) is 4.99. The fourth-order valence-electron chi connectivity index (χ4n) is 1.69. The number of nitrogens with one attached hydrogen (secondary N) is 1. The Hall–Kier alpha value is -1.69. The van der Waals surface area contributed by atoms with E-state index >= 15 is 0 Å². The van der Waals surface area contributed by atoms with Gasteiger partial charge in [0.15, 0.2) is 5.82 Å². The van der Waals surface area contributed by atoms with E-state index in [1.807, 2.05) is 5.38 Å². The molecule has 0 bridgehead atoms. The number of anilines is 1. The first-order valence-electron chi connectivity index (χ1n) is 5.52. The predicted octanol–water partition coefficient (Wildman–Crippen LogP) is 1.65. The topological polar surface area (TPSA) is 59.8 Å². The summed E-state index contributed by atoms with van der Waals surface area (Å²) in [7, 11) is 0. The monoisotopic (exact) mass is 248 g/mol. The summed E-state index contributed by atoms with van der Waals surface area (Å²) in [5.41, 5.74) is 2.67. The smallest absolute Gasteiger partial charge is 0.293 e. The van der Waals surface area contributed by atoms with Crippen LogP contribution in [0.1, 0.15) is 24.6 Å². The van der Waals surface area contributed by atoms with Crippen molar-refractivity contribution in [2.24, 2.45) is 0 Å². The van der Waals surface area contributed by atoms with Crippen molar-refractivity contribution in [2.45, 2.75) is 25.4 Å². The van der Waals surface area contributed by atoms with Crippen molar-refractivity contribution in [2.75, 3.05) is 5.32 Å². The first-order chi connectivity index (χ1) is 8.34. The molecule has 2 heterocycles. The van der Waals surface area contributed by atoms with E-state index < -0.39 is 0 Å². The number of hydrogen-bond donors (Lipinski definition) is 1. The van der Waals surface area contributed by atoms with Crippen molar-refractivity contribution >= 4 is 17.2 Å². The minimum Gasteiger partial charge on any atom is -0.360 e. The molecule has 2 aromatic rings. The Bertz CT molecular complexity index is 559. The Labute approximate surface area is 102 Å². The van der Waals surface area contributed by atoms with Crippen molar-refractivity contribution in [3.05, 3.63) is 39.3 Å². The minimum atomic E-state index is -0.0368. The van der Waals surface area contributed by atoms with Crippen LogP contribution in [-0.4, -0.2) is 14.5 Å². The highest BCUT2D eigenvalue weighted by Crippen LogP contribution is 2.33. The second kappa shape index (κ2) is 4.29. The lowest BCUT2D eigenvalue weighted by molar-refractivity contribution is 0.699. The molecule has 2 aromatic heterocycles. The fourth-order valence-corrected chi connectivity index (χ4v) is 2.24. The van der Waals surface area contributed by atoms with Crippen LogP contribution in [0.25, 0.3) is 0 Å². The Morgan fingerprint density at radius 3 is 3.06 bits per heavy atom. The number of nitrogens with zero attached hydrogens (tertiary/aromatic N) is 3. The number of hydrogen-bond acceptors (Lipinski definition) is 5. The third-order valence-electron chi connectivity index (χ3n) is 2.73. The van der Waals surface area contributed by atoms with Crippen LogP contribution in [0, 0.1) is 0 Å². The van der Waals surface area contributed by atoms with Gasteiger partial charge in [0.25, 0.3) is 5.56 Å². The van der Waals surface area contributed by atoms with E-state index in [0.29, 0.717) is 18.4 Å². The highest BCUT2D eigenvalue weighted by molar-refractivity contribution is 7.07. The van der Waals surface area contributed by atoms with Crippen LogP contribution < -0.4 is 10.9 Å². The van der Waals surface area contributed by atoms with Gasteiger partial charge in [-0.15, -0.1) is 11.3 Å². The predicted molar refractivity (Wildman–Crippen MR) is 66.2 cm³/mol. The molecule has 0 aromatic carbocycles. The lowest BCUT2D eigenvalue weighted by Crippen LogP contribution is -2.23. The van der Waals surface area contributed by atoms with Crippen molar-refractivity contribution in [1.82, 2.24) is 14.5 Å². The molecule has 0 spiro atoms. The van der Waals surface area contributed by atoms with Crippen molar-refractivity contribution in [1.29, 1.82) is 0 Å². The van der Waals surface area contributed by atoms with E-state index in [2.05, 4.69) is 15.3 Å². The minimum absolute atomic E-state index is 0.0368. The lowest BCUT2D eigenvalue weighted by atomic mass is 10.4. The van der Waals surface area contributed by atoms with Crippen molar-refractivity contribution < 1.29 is 0 Å². The molecule has 5 nitrogen and oxygen atoms in total. The van der Waals surface area contributed by atoms with Gasteiger partial charge in [-0.05, 0) is 12.8 Å². The Morgan fingerprint density at radius 1 is 1.47 bits per heavy atom. The Morgan fingerprint density at radius 2 is 2.35 bits per heavy atom. The van der Waals surface area contributed by atoms with Gasteiger partial charge < -0.3 is 9.88 Å². The molecule has 0 amide bonds. The van der Waals surface area contributed by atoms with Gasteiger partial charge in [0.1, 0.15) is 0 Å². The molecule has 1 fully saturated rings. The summed E-state index contributed by atoms with van der Waals surface area (Å²) in [6.45, 7) is 0.542. The molecule has 3 rings (SSSR count). The maximum absolute atomic E-state index is 12.0. The summed E-state index contributed by atoms with van der Waals surface area (Å²) in [6, 6.07) is 0.380. The summed E-state index contributed by atoms with van der Waals surface area (Å²) >= 11 is 1.54. The van der Waals surface area contributed by atoms with Gasteiger partial charge in [-0.3, -0.25) is 4.79 Å². The van der Waals surface area contributed by atoms with E-state index in [1.165, 1.54) is 0 Å². The molecular weight excluding hydrogens is 236 g/mol. The zero-order valence-electron chi connectivity index (χ0n) is 9.17. The standard InChI is InChI=1S/C11H12N4OS/c16-11-10(13-5-8-6-17-7-14-8)12-3-4-15(11)9-1-2-9/h3-4,6-7,9H,1-2,5H2,(H,12,13). The number of rotatable bonds is 4. The molecule has 1 aliphatic rings. The summed E-state index contributed by atoms with van der Waals surface area (Å²) in [5.74, 6) is 0.410. The van der Waals surface area contributed by atoms with Crippen LogP contribution in [0.3, 0.4) is 0 Å².